The zero-order valence-corrected chi connectivity index (χ0v) is 16.9. The summed E-state index contributed by atoms with van der Waals surface area (Å²) in [6.07, 6.45) is 1.45. The molecule has 1 aliphatic carbocycles. The van der Waals surface area contributed by atoms with Crippen molar-refractivity contribution in [3.8, 4) is 11.6 Å². The Morgan fingerprint density at radius 1 is 1.07 bits per heavy atom. The molecule has 0 spiro atoms. The maximum atomic E-state index is 12.3. The van der Waals surface area contributed by atoms with Crippen molar-refractivity contribution < 1.29 is 27.5 Å². The number of ether oxygens (including phenoxy) is 1. The number of aromatic nitrogens is 1. The van der Waals surface area contributed by atoms with Gasteiger partial charge in [0.2, 0.25) is 5.88 Å². The van der Waals surface area contributed by atoms with Crippen molar-refractivity contribution >= 4 is 27.2 Å². The molecule has 1 saturated carbocycles. The molecule has 1 heterocycles. The van der Waals surface area contributed by atoms with Crippen LogP contribution in [0.3, 0.4) is 0 Å². The number of hydrogen-bond acceptors (Lipinski definition) is 7. The van der Waals surface area contributed by atoms with Gasteiger partial charge in [-0.15, -0.1) is 0 Å². The van der Waals surface area contributed by atoms with Crippen molar-refractivity contribution in [3.05, 3.63) is 48.2 Å². The number of ketones is 3. The minimum atomic E-state index is -3.30. The van der Waals surface area contributed by atoms with Crippen molar-refractivity contribution in [3.63, 3.8) is 0 Å². The van der Waals surface area contributed by atoms with Gasteiger partial charge in [0.1, 0.15) is 11.7 Å². The molecule has 8 heteroatoms. The minimum Gasteiger partial charge on any atom is -0.439 e. The first kappa shape index (κ1) is 20.9. The van der Waals surface area contributed by atoms with Crippen molar-refractivity contribution in [1.82, 2.24) is 4.98 Å². The van der Waals surface area contributed by atoms with Gasteiger partial charge in [0, 0.05) is 43.2 Å². The van der Waals surface area contributed by atoms with Gasteiger partial charge < -0.3 is 4.74 Å². The van der Waals surface area contributed by atoms with Crippen LogP contribution in [0.25, 0.3) is 0 Å². The highest BCUT2D eigenvalue weighted by Gasteiger charge is 2.40. The molecule has 1 aromatic carbocycles. The standard InChI is InChI=1S/C21H21NO6S/c1-3-17(23)21-18(24)11-13(12-19(21)25)16-5-4-6-20(22-16)28-14-7-9-15(10-8-14)29(2,26)27/h4-10,13,21H,3,11-12H2,1-2H3. The molecule has 29 heavy (non-hydrogen) atoms. The maximum absolute atomic E-state index is 12.3. The van der Waals surface area contributed by atoms with Crippen LogP contribution in [-0.2, 0) is 24.2 Å². The number of carbonyl (C=O) groups excluding carboxylic acids is 3. The number of rotatable bonds is 6. The van der Waals surface area contributed by atoms with Gasteiger partial charge in [-0.1, -0.05) is 13.0 Å². The number of carbonyl (C=O) groups is 3. The third kappa shape index (κ3) is 4.76. The summed E-state index contributed by atoms with van der Waals surface area (Å²) in [5, 5.41) is 0. The Morgan fingerprint density at radius 3 is 2.24 bits per heavy atom. The lowest BCUT2D eigenvalue weighted by Crippen LogP contribution is -2.37. The Kier molecular flexibility index (Phi) is 5.93. The van der Waals surface area contributed by atoms with Crippen LogP contribution in [-0.4, -0.2) is 37.0 Å². The predicted molar refractivity (Wildman–Crippen MR) is 105 cm³/mol. The minimum absolute atomic E-state index is 0.0850. The third-order valence-corrected chi connectivity index (χ3v) is 5.98. The van der Waals surface area contributed by atoms with Crippen molar-refractivity contribution in [2.24, 2.45) is 5.92 Å². The average molecular weight is 415 g/mol. The molecule has 152 valence electrons. The van der Waals surface area contributed by atoms with E-state index in [0.717, 1.165) is 6.26 Å². The molecule has 0 bridgehead atoms. The SMILES string of the molecule is CCC(=O)C1C(=O)CC(c2cccc(Oc3ccc(S(C)(=O)=O)cc3)n2)CC1=O. The van der Waals surface area contributed by atoms with Gasteiger partial charge in [-0.05, 0) is 30.3 Å². The molecule has 1 fully saturated rings. The number of nitrogens with zero attached hydrogens (tertiary/aromatic N) is 1. The topological polar surface area (TPSA) is 107 Å². The van der Waals surface area contributed by atoms with Gasteiger partial charge in [0.25, 0.3) is 0 Å². The molecule has 7 nitrogen and oxygen atoms in total. The van der Waals surface area contributed by atoms with Crippen LogP contribution in [0, 0.1) is 5.92 Å². The van der Waals surface area contributed by atoms with E-state index in [1.165, 1.54) is 24.3 Å². The fourth-order valence-electron chi connectivity index (χ4n) is 3.34. The summed E-state index contributed by atoms with van der Waals surface area (Å²) in [5.41, 5.74) is 0.541. The highest BCUT2D eigenvalue weighted by atomic mass is 32.2. The Bertz CT molecular complexity index is 1040. The molecule has 0 atom stereocenters. The zero-order chi connectivity index (χ0) is 21.2. The van der Waals surface area contributed by atoms with Crippen LogP contribution in [0.15, 0.2) is 47.4 Å². The number of sulfone groups is 1. The number of Topliss-reactive ketones (excluding diaryl/α,β-unsaturated/α-hetero) is 3. The predicted octanol–water partition coefficient (Wildman–Crippen LogP) is 2.89. The number of benzene rings is 1. The second-order valence-corrected chi connectivity index (χ2v) is 9.05. The molecule has 0 unspecified atom stereocenters. The quantitative estimate of drug-likeness (QED) is 0.668. The molecule has 3 rings (SSSR count). The normalized spacial score (nSPS) is 19.8. The Morgan fingerprint density at radius 2 is 1.69 bits per heavy atom. The summed E-state index contributed by atoms with van der Waals surface area (Å²) in [4.78, 5) is 41.1. The van der Waals surface area contributed by atoms with E-state index in [1.54, 1.807) is 25.1 Å². The van der Waals surface area contributed by atoms with Gasteiger partial charge in [0.15, 0.2) is 27.2 Å². The van der Waals surface area contributed by atoms with Gasteiger partial charge >= 0.3 is 0 Å². The summed E-state index contributed by atoms with van der Waals surface area (Å²) in [6, 6.07) is 11.0. The zero-order valence-electron chi connectivity index (χ0n) is 16.1. The molecule has 0 amide bonds. The fourth-order valence-corrected chi connectivity index (χ4v) is 3.97. The van der Waals surface area contributed by atoms with Crippen LogP contribution < -0.4 is 4.74 Å². The summed E-state index contributed by atoms with van der Waals surface area (Å²) in [7, 11) is -3.30. The lowest BCUT2D eigenvalue weighted by atomic mass is 9.76. The van der Waals surface area contributed by atoms with Crippen LogP contribution >= 0.6 is 0 Å². The summed E-state index contributed by atoms with van der Waals surface area (Å²) in [6.45, 7) is 1.64. The highest BCUT2D eigenvalue weighted by Crippen LogP contribution is 2.33. The second-order valence-electron chi connectivity index (χ2n) is 7.04. The van der Waals surface area contributed by atoms with Crippen molar-refractivity contribution in [1.29, 1.82) is 0 Å². The van der Waals surface area contributed by atoms with Crippen LogP contribution in [0.2, 0.25) is 0 Å². The van der Waals surface area contributed by atoms with Gasteiger partial charge in [-0.25, -0.2) is 13.4 Å². The Labute approximate surface area is 169 Å². The van der Waals surface area contributed by atoms with Crippen molar-refractivity contribution in [2.45, 2.75) is 37.0 Å². The molecule has 0 radical (unpaired) electrons. The molecule has 2 aromatic rings. The van der Waals surface area contributed by atoms with E-state index in [4.69, 9.17) is 4.74 Å². The van der Waals surface area contributed by atoms with E-state index in [0.29, 0.717) is 11.4 Å². The molecule has 0 saturated heterocycles. The monoisotopic (exact) mass is 415 g/mol. The van der Waals surface area contributed by atoms with Gasteiger partial charge in [-0.2, -0.15) is 0 Å². The first-order valence-electron chi connectivity index (χ1n) is 9.22. The largest absolute Gasteiger partial charge is 0.439 e. The van der Waals surface area contributed by atoms with Crippen LogP contribution in [0.1, 0.15) is 37.8 Å². The first-order valence-corrected chi connectivity index (χ1v) is 11.1. The van der Waals surface area contributed by atoms with E-state index in [2.05, 4.69) is 4.98 Å². The number of hydrogen-bond donors (Lipinski definition) is 0. The van der Waals surface area contributed by atoms with Crippen LogP contribution in [0.4, 0.5) is 0 Å². The molecule has 1 aliphatic rings. The van der Waals surface area contributed by atoms with E-state index in [-0.39, 0.29) is 47.4 Å². The van der Waals surface area contributed by atoms with Crippen molar-refractivity contribution in [2.75, 3.05) is 6.26 Å². The molecule has 0 aliphatic heterocycles. The van der Waals surface area contributed by atoms with E-state index in [9.17, 15) is 22.8 Å². The summed E-state index contributed by atoms with van der Waals surface area (Å²) in [5.74, 6) is -1.91. The number of pyridine rings is 1. The second kappa shape index (κ2) is 8.24. The lowest BCUT2D eigenvalue weighted by molar-refractivity contribution is -0.142. The first-order chi connectivity index (χ1) is 13.7. The molecule has 1 aromatic heterocycles. The Balaban J connectivity index is 1.76. The Hall–Kier alpha value is -2.87. The van der Waals surface area contributed by atoms with E-state index < -0.39 is 21.7 Å². The van der Waals surface area contributed by atoms with Crippen LogP contribution in [0.5, 0.6) is 11.6 Å². The molecule has 0 N–H and O–H groups in total. The fraction of sp³-hybridized carbons (Fsp3) is 0.333. The highest BCUT2D eigenvalue weighted by molar-refractivity contribution is 7.90. The van der Waals surface area contributed by atoms with E-state index in [1.807, 2.05) is 0 Å². The lowest BCUT2D eigenvalue weighted by Gasteiger charge is -2.25. The molecular weight excluding hydrogens is 394 g/mol. The van der Waals surface area contributed by atoms with Gasteiger partial charge in [0.05, 0.1) is 4.90 Å². The molecular formula is C21H21NO6S. The van der Waals surface area contributed by atoms with E-state index >= 15 is 0 Å². The maximum Gasteiger partial charge on any atom is 0.219 e. The summed E-state index contributed by atoms with van der Waals surface area (Å²) < 4.78 is 28.7. The van der Waals surface area contributed by atoms with Gasteiger partial charge in [-0.3, -0.25) is 14.4 Å². The third-order valence-electron chi connectivity index (χ3n) is 4.85. The average Bonchev–Trinajstić information content (AvgIpc) is 2.67. The summed E-state index contributed by atoms with van der Waals surface area (Å²) >= 11 is 0. The smallest absolute Gasteiger partial charge is 0.219 e.